The highest BCUT2D eigenvalue weighted by Gasteiger charge is 2.73. The highest BCUT2D eigenvalue weighted by Crippen LogP contribution is 2.72. The number of carbonyl (C=O) groups is 4. The molecule has 4 bridgehead atoms. The summed E-state index contributed by atoms with van der Waals surface area (Å²) in [6.45, 7) is 0. The highest BCUT2D eigenvalue weighted by atomic mass is 16.6. The highest BCUT2D eigenvalue weighted by molar-refractivity contribution is 5.98. The molecular formula is C18H18O6. The number of cyclic esters (lactones) is 4. The molecule has 6 nitrogen and oxygen atoms in total. The van der Waals surface area contributed by atoms with Crippen LogP contribution in [-0.4, -0.2) is 23.9 Å². The van der Waals surface area contributed by atoms with Gasteiger partial charge < -0.3 is 9.47 Å². The number of rotatable bonds is 0. The van der Waals surface area contributed by atoms with Crippen molar-refractivity contribution >= 4 is 23.9 Å². The van der Waals surface area contributed by atoms with Crippen molar-refractivity contribution in [1.82, 2.24) is 0 Å². The quantitative estimate of drug-likeness (QED) is 0.485. The summed E-state index contributed by atoms with van der Waals surface area (Å²) in [5.74, 6) is -0.558. The fraction of sp³-hybridized carbons (Fsp3) is 0.778. The topological polar surface area (TPSA) is 86.7 Å². The summed E-state index contributed by atoms with van der Waals surface area (Å²) >= 11 is 0. The SMILES string of the molecule is O=C1CC2C3CCC(C2C(=O)O1)C1C2CC(C4C(=O)OC(=O)C24)C31. The molecule has 7 rings (SSSR count). The zero-order valence-corrected chi connectivity index (χ0v) is 13.1. The lowest BCUT2D eigenvalue weighted by Gasteiger charge is -2.59. The smallest absolute Gasteiger partial charge is 0.317 e. The summed E-state index contributed by atoms with van der Waals surface area (Å²) in [6.07, 6.45) is 3.23. The van der Waals surface area contributed by atoms with Crippen molar-refractivity contribution in [3.8, 4) is 0 Å². The van der Waals surface area contributed by atoms with Crippen molar-refractivity contribution in [3.63, 3.8) is 0 Å². The lowest BCUT2D eigenvalue weighted by Crippen LogP contribution is -2.59. The molecule has 0 aromatic carbocycles. The summed E-state index contributed by atoms with van der Waals surface area (Å²) in [7, 11) is 0. The van der Waals surface area contributed by atoms with Gasteiger partial charge in [0, 0.05) is 6.42 Å². The first-order valence-electron chi connectivity index (χ1n) is 9.06. The summed E-state index contributed by atoms with van der Waals surface area (Å²) in [6, 6.07) is 0. The van der Waals surface area contributed by atoms with E-state index in [1.807, 2.05) is 0 Å². The van der Waals surface area contributed by atoms with Crippen LogP contribution in [0.15, 0.2) is 0 Å². The maximum absolute atomic E-state index is 12.4. The first-order valence-corrected chi connectivity index (χ1v) is 9.06. The van der Waals surface area contributed by atoms with E-state index in [0.29, 0.717) is 24.2 Å². The molecule has 0 aromatic rings. The molecule has 5 aliphatic carbocycles. The van der Waals surface area contributed by atoms with Crippen molar-refractivity contribution in [1.29, 1.82) is 0 Å². The molecule has 6 heteroatoms. The summed E-state index contributed by atoms with van der Waals surface area (Å²) in [4.78, 5) is 48.5. The lowest BCUT2D eigenvalue weighted by molar-refractivity contribution is -0.193. The largest absolute Gasteiger partial charge is 0.393 e. The van der Waals surface area contributed by atoms with Gasteiger partial charge in [0.15, 0.2) is 0 Å². The number of hydrogen-bond donors (Lipinski definition) is 0. The molecule has 24 heavy (non-hydrogen) atoms. The minimum absolute atomic E-state index is 0.0738. The van der Waals surface area contributed by atoms with E-state index in [-0.39, 0.29) is 59.3 Å². The van der Waals surface area contributed by atoms with Crippen LogP contribution in [0.25, 0.3) is 0 Å². The van der Waals surface area contributed by atoms with E-state index in [1.165, 1.54) is 0 Å². The Morgan fingerprint density at radius 3 is 1.92 bits per heavy atom. The van der Waals surface area contributed by atoms with E-state index in [9.17, 15) is 19.2 Å². The molecule has 126 valence electrons. The third kappa shape index (κ3) is 1.33. The first kappa shape index (κ1) is 13.6. The molecule has 5 saturated carbocycles. The number of esters is 4. The van der Waals surface area contributed by atoms with E-state index >= 15 is 0 Å². The molecule has 0 N–H and O–H groups in total. The molecule has 2 heterocycles. The van der Waals surface area contributed by atoms with Crippen molar-refractivity contribution in [2.24, 2.45) is 59.2 Å². The van der Waals surface area contributed by atoms with Crippen LogP contribution in [0.5, 0.6) is 0 Å². The Morgan fingerprint density at radius 1 is 0.625 bits per heavy atom. The van der Waals surface area contributed by atoms with Crippen LogP contribution in [0.3, 0.4) is 0 Å². The fourth-order valence-electron chi connectivity index (χ4n) is 7.90. The summed E-state index contributed by atoms with van der Waals surface area (Å²) in [5.41, 5.74) is 0. The van der Waals surface area contributed by atoms with Crippen LogP contribution in [0.2, 0.25) is 0 Å². The van der Waals surface area contributed by atoms with Gasteiger partial charge in [-0.2, -0.15) is 0 Å². The van der Waals surface area contributed by atoms with Crippen LogP contribution in [0.1, 0.15) is 25.7 Å². The second-order valence-corrected chi connectivity index (χ2v) is 8.60. The van der Waals surface area contributed by atoms with E-state index in [0.717, 1.165) is 19.3 Å². The molecule has 10 atom stereocenters. The Kier molecular flexibility index (Phi) is 2.31. The maximum atomic E-state index is 12.4. The average Bonchev–Trinajstić information content (AvgIpc) is 3.19. The van der Waals surface area contributed by atoms with Gasteiger partial charge in [0.25, 0.3) is 0 Å². The molecule has 0 radical (unpaired) electrons. The minimum Gasteiger partial charge on any atom is -0.393 e. The second kappa shape index (κ2) is 4.09. The van der Waals surface area contributed by atoms with Gasteiger partial charge in [-0.25, -0.2) is 0 Å². The standard InChI is InChI=1S/C18H18O6/c19-10-4-7-5-1-2-6(13(7)16(20)23-10)12-9-3-8(11(5)12)14-15(9)18(22)24-17(14)21/h5-9,11-15H,1-4H2. The van der Waals surface area contributed by atoms with Gasteiger partial charge in [0.2, 0.25) is 0 Å². The molecule has 2 aliphatic heterocycles. The Labute approximate surface area is 138 Å². The van der Waals surface area contributed by atoms with Crippen LogP contribution in [-0.2, 0) is 28.7 Å². The Hall–Kier alpha value is -1.72. The molecule has 0 spiro atoms. The molecule has 7 aliphatic rings. The fourth-order valence-corrected chi connectivity index (χ4v) is 7.90. The van der Waals surface area contributed by atoms with E-state index in [2.05, 4.69) is 0 Å². The van der Waals surface area contributed by atoms with Gasteiger partial charge in [-0.05, 0) is 60.7 Å². The zero-order valence-electron chi connectivity index (χ0n) is 13.1. The number of ether oxygens (including phenoxy) is 2. The average molecular weight is 330 g/mol. The van der Waals surface area contributed by atoms with Crippen LogP contribution >= 0.6 is 0 Å². The van der Waals surface area contributed by atoms with Gasteiger partial charge in [-0.1, -0.05) is 0 Å². The van der Waals surface area contributed by atoms with Crippen molar-refractivity contribution in [2.45, 2.75) is 25.7 Å². The molecule has 10 unspecified atom stereocenters. The lowest BCUT2D eigenvalue weighted by atomic mass is 9.45. The van der Waals surface area contributed by atoms with Crippen LogP contribution < -0.4 is 0 Å². The normalized spacial score (nSPS) is 56.7. The number of fused-ring (bicyclic) bond motifs is 6. The Bertz CT molecular complexity index is 712. The van der Waals surface area contributed by atoms with E-state index < -0.39 is 5.97 Å². The van der Waals surface area contributed by atoms with Gasteiger partial charge in [-0.3, -0.25) is 19.2 Å². The third-order valence-corrected chi connectivity index (χ3v) is 8.22. The number of hydrogen-bond acceptors (Lipinski definition) is 6. The van der Waals surface area contributed by atoms with Crippen LogP contribution in [0.4, 0.5) is 0 Å². The van der Waals surface area contributed by atoms with Crippen molar-refractivity contribution in [3.05, 3.63) is 0 Å². The van der Waals surface area contributed by atoms with Crippen molar-refractivity contribution in [2.75, 3.05) is 0 Å². The summed E-state index contributed by atoms with van der Waals surface area (Å²) < 4.78 is 9.88. The van der Waals surface area contributed by atoms with Gasteiger partial charge in [0.1, 0.15) is 0 Å². The van der Waals surface area contributed by atoms with Gasteiger partial charge in [-0.15, -0.1) is 0 Å². The second-order valence-electron chi connectivity index (χ2n) is 8.60. The third-order valence-electron chi connectivity index (χ3n) is 8.22. The predicted molar refractivity (Wildman–Crippen MR) is 75.6 cm³/mol. The Morgan fingerprint density at radius 2 is 1.21 bits per heavy atom. The molecular weight excluding hydrogens is 312 g/mol. The zero-order chi connectivity index (χ0) is 16.3. The van der Waals surface area contributed by atoms with E-state index in [1.54, 1.807) is 0 Å². The van der Waals surface area contributed by atoms with Gasteiger partial charge in [0.05, 0.1) is 17.8 Å². The Balaban J connectivity index is 1.44. The first-order chi connectivity index (χ1) is 11.6. The molecule has 2 saturated heterocycles. The van der Waals surface area contributed by atoms with Gasteiger partial charge >= 0.3 is 23.9 Å². The molecule has 7 fully saturated rings. The number of carbonyl (C=O) groups excluding carboxylic acids is 4. The van der Waals surface area contributed by atoms with E-state index in [4.69, 9.17) is 9.47 Å². The molecule has 0 aromatic heterocycles. The van der Waals surface area contributed by atoms with Crippen LogP contribution in [0, 0.1) is 59.2 Å². The minimum atomic E-state index is -0.401. The monoisotopic (exact) mass is 330 g/mol. The predicted octanol–water partition coefficient (Wildman–Crippen LogP) is 0.930. The molecule has 0 amide bonds. The van der Waals surface area contributed by atoms with Crippen molar-refractivity contribution < 1.29 is 28.7 Å². The maximum Gasteiger partial charge on any atom is 0.317 e. The summed E-state index contributed by atoms with van der Waals surface area (Å²) in [5, 5.41) is 0.